The average Bonchev–Trinajstić information content (AvgIpc) is 3.19. The van der Waals surface area contributed by atoms with Gasteiger partial charge in [-0.25, -0.2) is 4.68 Å². The van der Waals surface area contributed by atoms with Crippen molar-refractivity contribution < 1.29 is 9.53 Å². The van der Waals surface area contributed by atoms with E-state index in [1.54, 1.807) is 13.3 Å². The van der Waals surface area contributed by atoms with Crippen molar-refractivity contribution in [3.05, 3.63) is 42.2 Å². The second-order valence-corrected chi connectivity index (χ2v) is 5.19. The maximum absolute atomic E-state index is 12.3. The fraction of sp³-hybridized carbons (Fsp3) is 0.400. The maximum atomic E-state index is 12.3. The highest BCUT2D eigenvalue weighted by Gasteiger charge is 2.27. The van der Waals surface area contributed by atoms with Gasteiger partial charge in [0.2, 0.25) is 5.91 Å². The topological polar surface area (TPSA) is 60.2 Å². The molecule has 0 aliphatic carbocycles. The third-order valence-corrected chi connectivity index (χ3v) is 3.85. The molecule has 1 atom stereocenters. The van der Waals surface area contributed by atoms with Crippen LogP contribution in [0.15, 0.2) is 36.7 Å². The van der Waals surface area contributed by atoms with E-state index >= 15 is 0 Å². The molecule has 3 rings (SSSR count). The van der Waals surface area contributed by atoms with Crippen LogP contribution < -0.4 is 4.74 Å². The molecule has 2 heterocycles. The molecule has 6 nitrogen and oxygen atoms in total. The van der Waals surface area contributed by atoms with Gasteiger partial charge in [-0.1, -0.05) is 17.3 Å². The Kier molecular flexibility index (Phi) is 3.85. The summed E-state index contributed by atoms with van der Waals surface area (Å²) in [6.45, 7) is 1.48. The minimum atomic E-state index is 0.155. The van der Waals surface area contributed by atoms with Gasteiger partial charge in [-0.2, -0.15) is 0 Å². The molecule has 0 N–H and O–H groups in total. The first kappa shape index (κ1) is 13.6. The molecule has 0 saturated carbocycles. The van der Waals surface area contributed by atoms with Crippen molar-refractivity contribution in [1.29, 1.82) is 0 Å². The molecule has 0 spiro atoms. The van der Waals surface area contributed by atoms with E-state index in [9.17, 15) is 4.79 Å². The third-order valence-electron chi connectivity index (χ3n) is 3.85. The highest BCUT2D eigenvalue weighted by Crippen LogP contribution is 2.21. The quantitative estimate of drug-likeness (QED) is 0.850. The van der Waals surface area contributed by atoms with Crippen LogP contribution in [0, 0.1) is 0 Å². The Bertz CT molecular complexity index is 595. The lowest BCUT2D eigenvalue weighted by molar-refractivity contribution is -0.129. The Balaban J connectivity index is 1.58. The smallest absolute Gasteiger partial charge is 0.227 e. The summed E-state index contributed by atoms with van der Waals surface area (Å²) < 4.78 is 6.95. The first-order valence-electron chi connectivity index (χ1n) is 7.03. The Labute approximate surface area is 123 Å². The summed E-state index contributed by atoms with van der Waals surface area (Å²) in [5, 5.41) is 7.83. The fourth-order valence-electron chi connectivity index (χ4n) is 2.63. The van der Waals surface area contributed by atoms with Gasteiger partial charge in [-0.3, -0.25) is 4.79 Å². The number of nitrogens with zero attached hydrogens (tertiary/aromatic N) is 4. The van der Waals surface area contributed by atoms with Gasteiger partial charge in [0.1, 0.15) is 5.75 Å². The van der Waals surface area contributed by atoms with E-state index in [0.29, 0.717) is 13.0 Å². The molecule has 0 radical (unpaired) electrons. The Morgan fingerprint density at radius 1 is 1.38 bits per heavy atom. The number of benzene rings is 1. The van der Waals surface area contributed by atoms with Crippen molar-refractivity contribution in [3.8, 4) is 5.75 Å². The van der Waals surface area contributed by atoms with Crippen LogP contribution in [0.2, 0.25) is 0 Å². The number of carbonyl (C=O) groups is 1. The molecule has 1 amide bonds. The highest BCUT2D eigenvalue weighted by molar-refractivity contribution is 5.79. The molecule has 1 aromatic heterocycles. The molecular formula is C15H18N4O2. The molecular weight excluding hydrogens is 268 g/mol. The summed E-state index contributed by atoms with van der Waals surface area (Å²) >= 11 is 0. The van der Waals surface area contributed by atoms with Gasteiger partial charge in [-0.05, 0) is 24.1 Å². The predicted molar refractivity (Wildman–Crippen MR) is 77.0 cm³/mol. The summed E-state index contributed by atoms with van der Waals surface area (Å²) in [5.74, 6) is 0.960. The number of carbonyl (C=O) groups excluding carboxylic acids is 1. The Morgan fingerprint density at radius 2 is 2.19 bits per heavy atom. The summed E-state index contributed by atoms with van der Waals surface area (Å²) in [6.07, 6.45) is 4.87. The molecule has 1 unspecified atom stereocenters. The van der Waals surface area contributed by atoms with Crippen LogP contribution in [0.1, 0.15) is 18.0 Å². The molecule has 6 heteroatoms. The average molecular weight is 286 g/mol. The van der Waals surface area contributed by atoms with Crippen LogP contribution in [-0.2, 0) is 11.2 Å². The summed E-state index contributed by atoms with van der Waals surface area (Å²) in [7, 11) is 1.63. The lowest BCUT2D eigenvalue weighted by Gasteiger charge is -2.16. The van der Waals surface area contributed by atoms with Crippen LogP contribution in [0.5, 0.6) is 5.75 Å². The first-order chi connectivity index (χ1) is 10.3. The molecule has 1 aromatic carbocycles. The molecule has 1 fully saturated rings. The number of methoxy groups -OCH3 is 1. The number of amides is 1. The van der Waals surface area contributed by atoms with E-state index < -0.39 is 0 Å². The van der Waals surface area contributed by atoms with E-state index in [1.165, 1.54) is 0 Å². The molecule has 1 saturated heterocycles. The van der Waals surface area contributed by atoms with Crippen LogP contribution in [0.3, 0.4) is 0 Å². The van der Waals surface area contributed by atoms with E-state index in [-0.39, 0.29) is 11.9 Å². The van der Waals surface area contributed by atoms with Crippen molar-refractivity contribution in [3.63, 3.8) is 0 Å². The number of likely N-dealkylation sites (tertiary alicyclic amines) is 1. The minimum absolute atomic E-state index is 0.155. The van der Waals surface area contributed by atoms with Gasteiger partial charge >= 0.3 is 0 Å². The van der Waals surface area contributed by atoms with Crippen LogP contribution in [0.25, 0.3) is 0 Å². The number of hydrogen-bond acceptors (Lipinski definition) is 4. The molecule has 110 valence electrons. The molecule has 1 aliphatic heterocycles. The molecule has 1 aliphatic rings. The number of hydrogen-bond donors (Lipinski definition) is 0. The van der Waals surface area contributed by atoms with Crippen molar-refractivity contribution in [1.82, 2.24) is 19.9 Å². The fourth-order valence-corrected chi connectivity index (χ4v) is 2.63. The van der Waals surface area contributed by atoms with Crippen molar-refractivity contribution in [2.24, 2.45) is 0 Å². The molecule has 2 aromatic rings. The van der Waals surface area contributed by atoms with E-state index in [1.807, 2.05) is 40.0 Å². The minimum Gasteiger partial charge on any atom is -0.497 e. The summed E-state index contributed by atoms with van der Waals surface area (Å²) in [6, 6.07) is 7.87. The first-order valence-corrected chi connectivity index (χ1v) is 7.03. The number of ether oxygens (including phenoxy) is 1. The van der Waals surface area contributed by atoms with Gasteiger partial charge < -0.3 is 9.64 Å². The normalized spacial score (nSPS) is 18.0. The summed E-state index contributed by atoms with van der Waals surface area (Å²) in [4.78, 5) is 14.2. The second kappa shape index (κ2) is 5.95. The lowest BCUT2D eigenvalue weighted by atomic mass is 10.1. The van der Waals surface area contributed by atoms with E-state index in [0.717, 1.165) is 24.3 Å². The lowest BCUT2D eigenvalue weighted by Crippen LogP contribution is -2.30. The largest absolute Gasteiger partial charge is 0.497 e. The maximum Gasteiger partial charge on any atom is 0.227 e. The van der Waals surface area contributed by atoms with Crippen LogP contribution >= 0.6 is 0 Å². The number of aromatic nitrogens is 3. The highest BCUT2D eigenvalue weighted by atomic mass is 16.5. The number of rotatable bonds is 4. The molecule has 21 heavy (non-hydrogen) atoms. The third kappa shape index (κ3) is 3.04. The van der Waals surface area contributed by atoms with E-state index in [4.69, 9.17) is 4.74 Å². The van der Waals surface area contributed by atoms with Crippen LogP contribution in [0.4, 0.5) is 0 Å². The standard InChI is InChI=1S/C15H18N4O2/c1-21-14-4-2-12(3-5-14)10-15(20)18-8-6-13(11-18)19-9-7-16-17-19/h2-5,7,9,13H,6,8,10-11H2,1H3. The second-order valence-electron chi connectivity index (χ2n) is 5.19. The van der Waals surface area contributed by atoms with Gasteiger partial charge in [0.15, 0.2) is 0 Å². The molecule has 0 bridgehead atoms. The SMILES string of the molecule is COc1ccc(CC(=O)N2CCC(n3ccnn3)C2)cc1. The van der Waals surface area contributed by atoms with Gasteiger partial charge in [0.05, 0.1) is 25.8 Å². The Hall–Kier alpha value is -2.37. The zero-order valence-corrected chi connectivity index (χ0v) is 12.0. The van der Waals surface area contributed by atoms with Crippen molar-refractivity contribution >= 4 is 5.91 Å². The van der Waals surface area contributed by atoms with Gasteiger partial charge in [-0.15, -0.1) is 5.10 Å². The van der Waals surface area contributed by atoms with Crippen LogP contribution in [-0.4, -0.2) is 46.0 Å². The van der Waals surface area contributed by atoms with Crippen molar-refractivity contribution in [2.75, 3.05) is 20.2 Å². The van der Waals surface area contributed by atoms with Gasteiger partial charge in [0, 0.05) is 19.3 Å². The van der Waals surface area contributed by atoms with Gasteiger partial charge in [0.25, 0.3) is 0 Å². The predicted octanol–water partition coefficient (Wildman–Crippen LogP) is 1.30. The monoisotopic (exact) mass is 286 g/mol. The van der Waals surface area contributed by atoms with Crippen molar-refractivity contribution in [2.45, 2.75) is 18.9 Å². The summed E-state index contributed by atoms with van der Waals surface area (Å²) in [5.41, 5.74) is 1.00. The van der Waals surface area contributed by atoms with E-state index in [2.05, 4.69) is 10.3 Å². The zero-order chi connectivity index (χ0) is 14.7. The Morgan fingerprint density at radius 3 is 2.86 bits per heavy atom. The zero-order valence-electron chi connectivity index (χ0n) is 12.0.